The normalized spacial score (nSPS) is 17.5. The highest BCUT2D eigenvalue weighted by Crippen LogP contribution is 2.35. The molecule has 1 atom stereocenters. The summed E-state index contributed by atoms with van der Waals surface area (Å²) in [5.41, 5.74) is 4.06. The lowest BCUT2D eigenvalue weighted by Gasteiger charge is -2.24. The fourth-order valence-electron chi connectivity index (χ4n) is 2.92. The minimum absolute atomic E-state index is 0. The zero-order valence-corrected chi connectivity index (χ0v) is 14.3. The van der Waals surface area contributed by atoms with Crippen molar-refractivity contribution in [2.24, 2.45) is 11.7 Å². The molecule has 0 radical (unpaired) electrons. The molecule has 0 heterocycles. The Balaban J connectivity index is 0.00000288. The van der Waals surface area contributed by atoms with E-state index in [0.29, 0.717) is 12.1 Å². The molecule has 0 spiro atoms. The second-order valence-electron chi connectivity index (χ2n) is 5.65. The molecule has 1 aromatic carbocycles. The molecule has 24 heavy (non-hydrogen) atoms. The Kier molecular flexibility index (Phi) is 7.04. The highest BCUT2D eigenvalue weighted by Gasteiger charge is 2.39. The van der Waals surface area contributed by atoms with Gasteiger partial charge in [0.15, 0.2) is 0 Å². The summed E-state index contributed by atoms with van der Waals surface area (Å²) in [5.74, 6) is -1.15. The standard InChI is InChI=1S/C14H18F4N2O2S.ClH/c15-10-5-6-13(11(7-10)14(16,17)18)23(21,22)20-12(8-19)9-3-1-2-4-9;/h5-7,9,12,20H,1-4,8,19H2;1H. The van der Waals surface area contributed by atoms with Crippen LogP contribution >= 0.6 is 12.4 Å². The number of hydrogen-bond donors (Lipinski definition) is 2. The summed E-state index contributed by atoms with van der Waals surface area (Å²) in [6.45, 7) is -0.00750. The fourth-order valence-corrected chi connectivity index (χ4v) is 4.44. The number of sulfonamides is 1. The lowest BCUT2D eigenvalue weighted by molar-refractivity contribution is -0.140. The van der Waals surface area contributed by atoms with Gasteiger partial charge in [0.1, 0.15) is 5.82 Å². The van der Waals surface area contributed by atoms with Gasteiger partial charge >= 0.3 is 6.18 Å². The van der Waals surface area contributed by atoms with Gasteiger partial charge in [0, 0.05) is 12.6 Å². The zero-order chi connectivity index (χ0) is 17.3. The number of nitrogens with one attached hydrogen (secondary N) is 1. The van der Waals surface area contributed by atoms with Gasteiger partial charge in [0.25, 0.3) is 0 Å². The Bertz CT molecular complexity index is 661. The van der Waals surface area contributed by atoms with Crippen molar-refractivity contribution < 1.29 is 26.0 Å². The molecule has 0 aromatic heterocycles. The molecule has 1 saturated carbocycles. The third kappa shape index (κ3) is 4.81. The molecule has 1 unspecified atom stereocenters. The van der Waals surface area contributed by atoms with Gasteiger partial charge in [-0.25, -0.2) is 17.5 Å². The van der Waals surface area contributed by atoms with Crippen molar-refractivity contribution in [2.75, 3.05) is 6.54 Å². The number of hydrogen-bond acceptors (Lipinski definition) is 3. The van der Waals surface area contributed by atoms with Crippen LogP contribution in [0.2, 0.25) is 0 Å². The van der Waals surface area contributed by atoms with Crippen LogP contribution in [0.3, 0.4) is 0 Å². The van der Waals surface area contributed by atoms with Crippen molar-refractivity contribution in [1.29, 1.82) is 0 Å². The highest BCUT2D eigenvalue weighted by molar-refractivity contribution is 7.89. The number of alkyl halides is 3. The van der Waals surface area contributed by atoms with Gasteiger partial charge in [-0.3, -0.25) is 0 Å². The third-order valence-corrected chi connectivity index (χ3v) is 5.61. The molecule has 0 aliphatic heterocycles. The molecule has 0 saturated heterocycles. The Labute approximate surface area is 144 Å². The molecule has 0 bridgehead atoms. The van der Waals surface area contributed by atoms with Crippen LogP contribution in [-0.4, -0.2) is 21.0 Å². The Morgan fingerprint density at radius 1 is 1.25 bits per heavy atom. The molecule has 1 aromatic rings. The van der Waals surface area contributed by atoms with E-state index < -0.39 is 38.5 Å². The van der Waals surface area contributed by atoms with Crippen LogP contribution in [0, 0.1) is 11.7 Å². The second kappa shape index (κ2) is 7.99. The molecule has 1 fully saturated rings. The molecular formula is C14H19ClF4N2O2S. The van der Waals surface area contributed by atoms with E-state index in [0.717, 1.165) is 25.7 Å². The molecular weight excluding hydrogens is 372 g/mol. The molecule has 1 aliphatic carbocycles. The predicted molar refractivity (Wildman–Crippen MR) is 83.8 cm³/mol. The van der Waals surface area contributed by atoms with Crippen molar-refractivity contribution >= 4 is 22.4 Å². The summed E-state index contributed by atoms with van der Waals surface area (Å²) in [4.78, 5) is -0.983. The molecule has 138 valence electrons. The number of nitrogens with two attached hydrogens (primary N) is 1. The van der Waals surface area contributed by atoms with Crippen molar-refractivity contribution in [3.05, 3.63) is 29.6 Å². The van der Waals surface area contributed by atoms with Crippen molar-refractivity contribution in [3.8, 4) is 0 Å². The first kappa shape index (κ1) is 21.1. The Hall–Kier alpha value is -0.900. The molecule has 4 nitrogen and oxygen atoms in total. The molecule has 3 N–H and O–H groups in total. The van der Waals surface area contributed by atoms with Crippen LogP contribution in [0.25, 0.3) is 0 Å². The number of halogens is 5. The van der Waals surface area contributed by atoms with Gasteiger partial charge in [0.05, 0.1) is 10.5 Å². The molecule has 10 heteroatoms. The van der Waals surface area contributed by atoms with E-state index in [1.165, 1.54) is 0 Å². The van der Waals surface area contributed by atoms with E-state index in [4.69, 9.17) is 5.73 Å². The van der Waals surface area contributed by atoms with Gasteiger partial charge in [-0.05, 0) is 37.0 Å². The van der Waals surface area contributed by atoms with Crippen molar-refractivity contribution in [2.45, 2.75) is 42.8 Å². The first-order valence-electron chi connectivity index (χ1n) is 7.24. The van der Waals surface area contributed by atoms with Crippen LogP contribution < -0.4 is 10.5 Å². The lowest BCUT2D eigenvalue weighted by atomic mass is 9.99. The summed E-state index contributed by atoms with van der Waals surface area (Å²) < 4.78 is 79.0. The second-order valence-corrected chi connectivity index (χ2v) is 7.33. The maximum atomic E-state index is 13.1. The van der Waals surface area contributed by atoms with E-state index >= 15 is 0 Å². The van der Waals surface area contributed by atoms with Crippen LogP contribution in [-0.2, 0) is 16.2 Å². The molecule has 0 amide bonds. The SMILES string of the molecule is Cl.NCC(NS(=O)(=O)c1ccc(F)cc1C(F)(F)F)C1CCCC1. The maximum absolute atomic E-state index is 13.1. The largest absolute Gasteiger partial charge is 0.417 e. The first-order chi connectivity index (χ1) is 10.6. The van der Waals surface area contributed by atoms with E-state index in [2.05, 4.69) is 4.72 Å². The monoisotopic (exact) mass is 390 g/mol. The van der Waals surface area contributed by atoms with E-state index in [1.54, 1.807) is 0 Å². The average molecular weight is 391 g/mol. The Morgan fingerprint density at radius 2 is 1.83 bits per heavy atom. The average Bonchev–Trinajstić information content (AvgIpc) is 2.97. The van der Waals surface area contributed by atoms with Crippen LogP contribution in [0.5, 0.6) is 0 Å². The topological polar surface area (TPSA) is 72.2 Å². The predicted octanol–water partition coefficient (Wildman–Crippen LogP) is 3.06. The fraction of sp³-hybridized carbons (Fsp3) is 0.571. The van der Waals surface area contributed by atoms with Crippen LogP contribution in [0.1, 0.15) is 31.2 Å². The van der Waals surface area contributed by atoms with E-state index in [-0.39, 0.29) is 30.9 Å². The molecule has 1 aliphatic rings. The quantitative estimate of drug-likeness (QED) is 0.759. The number of rotatable bonds is 5. The summed E-state index contributed by atoms with van der Waals surface area (Å²) in [5, 5.41) is 0. The smallest absolute Gasteiger partial charge is 0.329 e. The summed E-state index contributed by atoms with van der Waals surface area (Å²) in [6.07, 6.45) is -1.54. The van der Waals surface area contributed by atoms with Crippen molar-refractivity contribution in [3.63, 3.8) is 0 Å². The van der Waals surface area contributed by atoms with Gasteiger partial charge in [-0.2, -0.15) is 13.2 Å². The number of benzene rings is 1. The minimum Gasteiger partial charge on any atom is -0.329 e. The van der Waals surface area contributed by atoms with Gasteiger partial charge < -0.3 is 5.73 Å². The van der Waals surface area contributed by atoms with Crippen LogP contribution in [0.4, 0.5) is 17.6 Å². The van der Waals surface area contributed by atoms with E-state index in [1.807, 2.05) is 0 Å². The third-order valence-electron chi connectivity index (χ3n) is 4.07. The molecule has 2 rings (SSSR count). The zero-order valence-electron chi connectivity index (χ0n) is 12.6. The first-order valence-corrected chi connectivity index (χ1v) is 8.72. The minimum atomic E-state index is -4.97. The van der Waals surface area contributed by atoms with E-state index in [9.17, 15) is 26.0 Å². The van der Waals surface area contributed by atoms with Gasteiger partial charge in [-0.1, -0.05) is 12.8 Å². The van der Waals surface area contributed by atoms with Gasteiger partial charge in [0.2, 0.25) is 10.0 Å². The maximum Gasteiger partial charge on any atom is 0.417 e. The lowest BCUT2D eigenvalue weighted by Crippen LogP contribution is -2.44. The highest BCUT2D eigenvalue weighted by atomic mass is 35.5. The van der Waals surface area contributed by atoms with Crippen molar-refractivity contribution in [1.82, 2.24) is 4.72 Å². The summed E-state index contributed by atoms with van der Waals surface area (Å²) in [6, 6.07) is 0.870. The van der Waals surface area contributed by atoms with Crippen LogP contribution in [0.15, 0.2) is 23.1 Å². The Morgan fingerprint density at radius 3 is 2.33 bits per heavy atom. The van der Waals surface area contributed by atoms with Gasteiger partial charge in [-0.15, -0.1) is 12.4 Å². The summed E-state index contributed by atoms with van der Waals surface area (Å²) in [7, 11) is -4.46. The summed E-state index contributed by atoms with van der Waals surface area (Å²) >= 11 is 0.